The fourth-order valence-corrected chi connectivity index (χ4v) is 3.87. The van der Waals surface area contributed by atoms with Gasteiger partial charge < -0.3 is 11.1 Å². The molecule has 4 nitrogen and oxygen atoms in total. The molecule has 27 heavy (non-hydrogen) atoms. The second-order valence-electron chi connectivity index (χ2n) is 7.13. The normalized spacial score (nSPS) is 16.3. The van der Waals surface area contributed by atoms with Crippen LogP contribution in [-0.2, 0) is 4.79 Å². The van der Waals surface area contributed by atoms with Crippen molar-refractivity contribution < 1.29 is 4.79 Å². The van der Waals surface area contributed by atoms with Crippen LogP contribution in [0.15, 0.2) is 54.9 Å². The minimum atomic E-state index is -0.157. The van der Waals surface area contributed by atoms with E-state index in [1.165, 1.54) is 19.3 Å². The van der Waals surface area contributed by atoms with Gasteiger partial charge >= 0.3 is 0 Å². The smallest absolute Gasteiger partial charge is 0.221 e. The summed E-state index contributed by atoms with van der Waals surface area (Å²) in [5.41, 5.74) is 8.14. The van der Waals surface area contributed by atoms with Crippen molar-refractivity contribution in [2.24, 2.45) is 11.1 Å². The summed E-state index contributed by atoms with van der Waals surface area (Å²) in [5.74, 6) is 0.0815. The van der Waals surface area contributed by atoms with E-state index in [1.54, 1.807) is 12.4 Å². The first-order valence-corrected chi connectivity index (χ1v) is 9.17. The van der Waals surface area contributed by atoms with Crippen LogP contribution in [0.2, 0.25) is 0 Å². The average molecular weight is 410 g/mol. The number of rotatable bonds is 6. The Labute approximate surface area is 174 Å². The fourth-order valence-electron chi connectivity index (χ4n) is 3.87. The molecule has 3 N–H and O–H groups in total. The zero-order valence-corrected chi connectivity index (χ0v) is 17.1. The minimum Gasteiger partial charge on any atom is -0.345 e. The Balaban J connectivity index is 0.00000182. The molecular formula is C21H29Cl2N3O. The number of hydrogen-bond acceptors (Lipinski definition) is 3. The summed E-state index contributed by atoms with van der Waals surface area (Å²) in [5, 5.41) is 3.23. The molecule has 1 heterocycles. The Hall–Kier alpha value is -1.62. The number of nitrogens with one attached hydrogen (secondary N) is 1. The van der Waals surface area contributed by atoms with Crippen LogP contribution in [0.5, 0.6) is 0 Å². The van der Waals surface area contributed by atoms with Crippen LogP contribution >= 0.6 is 24.8 Å². The van der Waals surface area contributed by atoms with E-state index in [2.05, 4.69) is 10.3 Å². The predicted molar refractivity (Wildman–Crippen MR) is 114 cm³/mol. The van der Waals surface area contributed by atoms with Crippen molar-refractivity contribution in [1.82, 2.24) is 10.3 Å². The van der Waals surface area contributed by atoms with Crippen LogP contribution in [0.25, 0.3) is 0 Å². The molecule has 0 aliphatic heterocycles. The van der Waals surface area contributed by atoms with E-state index in [9.17, 15) is 4.79 Å². The number of amides is 1. The van der Waals surface area contributed by atoms with E-state index in [4.69, 9.17) is 5.73 Å². The predicted octanol–water partition coefficient (Wildman–Crippen LogP) is 4.43. The number of carbonyl (C=O) groups is 1. The molecule has 1 aromatic heterocycles. The van der Waals surface area contributed by atoms with E-state index in [0.29, 0.717) is 13.0 Å². The monoisotopic (exact) mass is 409 g/mol. The Kier molecular flexibility index (Phi) is 9.78. The lowest BCUT2D eigenvalue weighted by molar-refractivity contribution is -0.124. The summed E-state index contributed by atoms with van der Waals surface area (Å²) in [4.78, 5) is 16.9. The van der Waals surface area contributed by atoms with Gasteiger partial charge in [-0.1, -0.05) is 49.6 Å². The fraction of sp³-hybridized carbons (Fsp3) is 0.429. The highest BCUT2D eigenvalue weighted by Crippen LogP contribution is 2.38. The molecule has 1 unspecified atom stereocenters. The van der Waals surface area contributed by atoms with Crippen LogP contribution in [-0.4, -0.2) is 17.4 Å². The third-order valence-electron chi connectivity index (χ3n) is 5.36. The van der Waals surface area contributed by atoms with Crippen LogP contribution in [0.4, 0.5) is 0 Å². The van der Waals surface area contributed by atoms with Gasteiger partial charge in [0.15, 0.2) is 0 Å². The first-order valence-electron chi connectivity index (χ1n) is 9.17. The number of nitrogens with two attached hydrogens (primary N) is 1. The van der Waals surface area contributed by atoms with Gasteiger partial charge in [0.2, 0.25) is 5.91 Å². The SMILES string of the molecule is Cl.Cl.NCC1(CC(=O)NC(c2ccccc2)c2ccncc2)CCCCC1. The zero-order valence-electron chi connectivity index (χ0n) is 15.5. The van der Waals surface area contributed by atoms with Crippen molar-refractivity contribution in [2.45, 2.75) is 44.6 Å². The van der Waals surface area contributed by atoms with Crippen molar-refractivity contribution in [3.63, 3.8) is 0 Å². The van der Waals surface area contributed by atoms with E-state index in [1.807, 2.05) is 42.5 Å². The molecule has 1 aliphatic carbocycles. The van der Waals surface area contributed by atoms with Crippen molar-refractivity contribution in [3.8, 4) is 0 Å². The quantitative estimate of drug-likeness (QED) is 0.740. The average Bonchev–Trinajstić information content (AvgIpc) is 2.68. The maximum atomic E-state index is 12.9. The summed E-state index contributed by atoms with van der Waals surface area (Å²) in [6.07, 6.45) is 9.77. The molecule has 0 spiro atoms. The molecule has 2 aromatic rings. The summed E-state index contributed by atoms with van der Waals surface area (Å²) in [6.45, 7) is 0.589. The maximum Gasteiger partial charge on any atom is 0.221 e. The van der Waals surface area contributed by atoms with Crippen molar-refractivity contribution >= 4 is 30.7 Å². The van der Waals surface area contributed by atoms with Crippen molar-refractivity contribution in [2.75, 3.05) is 6.54 Å². The number of carbonyl (C=O) groups excluding carboxylic acids is 1. The molecule has 1 saturated carbocycles. The molecule has 1 amide bonds. The highest BCUT2D eigenvalue weighted by molar-refractivity contribution is 5.85. The molecule has 6 heteroatoms. The third-order valence-corrected chi connectivity index (χ3v) is 5.36. The molecule has 0 bridgehead atoms. The topological polar surface area (TPSA) is 68.0 Å². The molecule has 0 saturated heterocycles. The highest BCUT2D eigenvalue weighted by atomic mass is 35.5. The number of pyridine rings is 1. The largest absolute Gasteiger partial charge is 0.345 e. The highest BCUT2D eigenvalue weighted by Gasteiger charge is 2.33. The number of halogens is 2. The van der Waals surface area contributed by atoms with Gasteiger partial charge in [0.1, 0.15) is 0 Å². The summed E-state index contributed by atoms with van der Waals surface area (Å²) >= 11 is 0. The molecule has 1 aromatic carbocycles. The van der Waals surface area contributed by atoms with Gasteiger partial charge in [0.05, 0.1) is 6.04 Å². The standard InChI is InChI=1S/C21H27N3O.2ClH/c22-16-21(11-5-2-6-12-21)15-19(25)24-20(17-7-3-1-4-8-17)18-9-13-23-14-10-18;;/h1,3-4,7-10,13-14,20H,2,5-6,11-12,15-16,22H2,(H,24,25);2*1H. The van der Waals surface area contributed by atoms with Gasteiger partial charge in [0, 0.05) is 18.8 Å². The van der Waals surface area contributed by atoms with Gasteiger partial charge in [-0.05, 0) is 48.1 Å². The van der Waals surface area contributed by atoms with Crippen molar-refractivity contribution in [3.05, 3.63) is 66.0 Å². The number of benzene rings is 1. The van der Waals surface area contributed by atoms with E-state index < -0.39 is 0 Å². The lowest BCUT2D eigenvalue weighted by atomic mass is 9.71. The summed E-state index contributed by atoms with van der Waals surface area (Å²) in [7, 11) is 0. The summed E-state index contributed by atoms with van der Waals surface area (Å²) in [6, 6.07) is 13.8. The van der Waals surface area contributed by atoms with Crippen LogP contribution in [0.3, 0.4) is 0 Å². The molecule has 1 fully saturated rings. The van der Waals surface area contributed by atoms with E-state index in [0.717, 1.165) is 24.0 Å². The minimum absolute atomic E-state index is 0. The van der Waals surface area contributed by atoms with Crippen LogP contribution in [0.1, 0.15) is 55.7 Å². The molecule has 3 rings (SSSR count). The molecule has 1 aliphatic rings. The van der Waals surface area contributed by atoms with Gasteiger partial charge in [0.25, 0.3) is 0 Å². The van der Waals surface area contributed by atoms with Gasteiger partial charge in [-0.2, -0.15) is 0 Å². The molecule has 0 radical (unpaired) electrons. The van der Waals surface area contributed by atoms with Gasteiger partial charge in [-0.15, -0.1) is 24.8 Å². The lowest BCUT2D eigenvalue weighted by Gasteiger charge is -2.36. The molecule has 148 valence electrons. The molecule has 1 atom stereocenters. The Morgan fingerprint density at radius 3 is 2.19 bits per heavy atom. The van der Waals surface area contributed by atoms with Crippen LogP contribution < -0.4 is 11.1 Å². The Morgan fingerprint density at radius 1 is 1.00 bits per heavy atom. The first-order chi connectivity index (χ1) is 12.2. The lowest BCUT2D eigenvalue weighted by Crippen LogP contribution is -2.39. The number of nitrogens with zero attached hydrogens (tertiary/aromatic N) is 1. The number of aromatic nitrogens is 1. The Bertz CT molecular complexity index is 637. The molecular weight excluding hydrogens is 381 g/mol. The van der Waals surface area contributed by atoms with Crippen molar-refractivity contribution in [1.29, 1.82) is 0 Å². The van der Waals surface area contributed by atoms with Crippen LogP contribution in [0, 0.1) is 5.41 Å². The maximum absolute atomic E-state index is 12.9. The van der Waals surface area contributed by atoms with E-state index in [-0.39, 0.29) is 42.2 Å². The first kappa shape index (κ1) is 23.4. The summed E-state index contributed by atoms with van der Waals surface area (Å²) < 4.78 is 0. The van der Waals surface area contributed by atoms with Gasteiger partial charge in [-0.25, -0.2) is 0 Å². The second-order valence-corrected chi connectivity index (χ2v) is 7.13. The Morgan fingerprint density at radius 2 is 1.59 bits per heavy atom. The second kappa shape index (κ2) is 11.3. The zero-order chi connectivity index (χ0) is 17.5. The number of hydrogen-bond donors (Lipinski definition) is 2. The van der Waals surface area contributed by atoms with Gasteiger partial charge in [-0.3, -0.25) is 9.78 Å². The third kappa shape index (κ3) is 6.20. The van der Waals surface area contributed by atoms with E-state index >= 15 is 0 Å².